The SMILES string of the molecule is CCC1(c2ccnc(Cl)c2)OCCO1. The number of pyridine rings is 1. The Kier molecular flexibility index (Phi) is 2.72. The molecule has 1 aliphatic rings. The van der Waals surface area contributed by atoms with E-state index in [2.05, 4.69) is 4.98 Å². The predicted molar refractivity (Wildman–Crippen MR) is 53.1 cm³/mol. The van der Waals surface area contributed by atoms with Gasteiger partial charge in [0.1, 0.15) is 5.15 Å². The molecule has 4 heteroatoms. The number of rotatable bonds is 2. The van der Waals surface area contributed by atoms with Gasteiger partial charge < -0.3 is 9.47 Å². The monoisotopic (exact) mass is 213 g/mol. The van der Waals surface area contributed by atoms with E-state index in [-0.39, 0.29) is 0 Å². The molecule has 2 heterocycles. The van der Waals surface area contributed by atoms with Crippen LogP contribution in [0.15, 0.2) is 18.3 Å². The molecule has 0 N–H and O–H groups in total. The van der Waals surface area contributed by atoms with Crippen molar-refractivity contribution >= 4 is 11.6 Å². The molecular weight excluding hydrogens is 202 g/mol. The number of halogens is 1. The molecule has 0 aromatic carbocycles. The molecule has 1 saturated heterocycles. The van der Waals surface area contributed by atoms with Crippen molar-refractivity contribution < 1.29 is 9.47 Å². The molecule has 1 aliphatic heterocycles. The highest BCUT2D eigenvalue weighted by Crippen LogP contribution is 2.34. The summed E-state index contributed by atoms with van der Waals surface area (Å²) in [6.07, 6.45) is 2.44. The zero-order chi connectivity index (χ0) is 10.0. The van der Waals surface area contributed by atoms with E-state index in [1.165, 1.54) is 0 Å². The van der Waals surface area contributed by atoms with Crippen molar-refractivity contribution in [1.29, 1.82) is 0 Å². The van der Waals surface area contributed by atoms with Gasteiger partial charge in [-0.1, -0.05) is 18.5 Å². The zero-order valence-corrected chi connectivity index (χ0v) is 8.75. The van der Waals surface area contributed by atoms with Crippen LogP contribution in [0, 0.1) is 0 Å². The molecule has 1 fully saturated rings. The van der Waals surface area contributed by atoms with E-state index in [1.807, 2.05) is 13.0 Å². The second-order valence-electron chi connectivity index (χ2n) is 3.17. The first-order valence-electron chi connectivity index (χ1n) is 4.67. The van der Waals surface area contributed by atoms with Gasteiger partial charge in [0.25, 0.3) is 0 Å². The fourth-order valence-corrected chi connectivity index (χ4v) is 1.84. The minimum Gasteiger partial charge on any atom is -0.343 e. The minimum atomic E-state index is -0.605. The first-order valence-corrected chi connectivity index (χ1v) is 5.04. The van der Waals surface area contributed by atoms with Gasteiger partial charge in [-0.05, 0) is 12.1 Å². The quantitative estimate of drug-likeness (QED) is 0.707. The molecule has 2 rings (SSSR count). The number of aromatic nitrogens is 1. The summed E-state index contributed by atoms with van der Waals surface area (Å²) >= 11 is 5.82. The van der Waals surface area contributed by atoms with Crippen LogP contribution in [0.4, 0.5) is 0 Å². The van der Waals surface area contributed by atoms with Gasteiger partial charge in [-0.3, -0.25) is 0 Å². The number of hydrogen-bond donors (Lipinski definition) is 0. The lowest BCUT2D eigenvalue weighted by atomic mass is 10.1. The third kappa shape index (κ3) is 1.63. The summed E-state index contributed by atoms with van der Waals surface area (Å²) in [5, 5.41) is 0.467. The van der Waals surface area contributed by atoms with Crippen molar-refractivity contribution in [2.45, 2.75) is 19.1 Å². The molecule has 0 aliphatic carbocycles. The average molecular weight is 214 g/mol. The second kappa shape index (κ2) is 3.85. The molecule has 3 nitrogen and oxygen atoms in total. The lowest BCUT2D eigenvalue weighted by molar-refractivity contribution is -0.167. The molecule has 14 heavy (non-hydrogen) atoms. The number of nitrogens with zero attached hydrogens (tertiary/aromatic N) is 1. The van der Waals surface area contributed by atoms with Crippen LogP contribution in [-0.2, 0) is 15.3 Å². The molecule has 0 atom stereocenters. The molecule has 1 aromatic heterocycles. The molecule has 76 valence electrons. The summed E-state index contributed by atoms with van der Waals surface area (Å²) in [5.41, 5.74) is 0.942. The fraction of sp³-hybridized carbons (Fsp3) is 0.500. The Balaban J connectivity index is 2.35. The molecule has 0 radical (unpaired) electrons. The topological polar surface area (TPSA) is 31.4 Å². The summed E-state index contributed by atoms with van der Waals surface area (Å²) < 4.78 is 11.2. The maximum Gasteiger partial charge on any atom is 0.194 e. The van der Waals surface area contributed by atoms with Gasteiger partial charge in [-0.25, -0.2) is 4.98 Å². The van der Waals surface area contributed by atoms with Crippen LogP contribution >= 0.6 is 11.6 Å². The Hall–Kier alpha value is -0.640. The van der Waals surface area contributed by atoms with Crippen molar-refractivity contribution in [1.82, 2.24) is 4.98 Å². The molecule has 0 unspecified atom stereocenters. The van der Waals surface area contributed by atoms with Gasteiger partial charge in [0.2, 0.25) is 0 Å². The van der Waals surface area contributed by atoms with E-state index in [4.69, 9.17) is 21.1 Å². The number of hydrogen-bond acceptors (Lipinski definition) is 3. The highest BCUT2D eigenvalue weighted by molar-refractivity contribution is 6.29. The van der Waals surface area contributed by atoms with E-state index >= 15 is 0 Å². The summed E-state index contributed by atoms with van der Waals surface area (Å²) in [6, 6.07) is 3.66. The van der Waals surface area contributed by atoms with Crippen LogP contribution in [0.1, 0.15) is 18.9 Å². The van der Waals surface area contributed by atoms with Crippen molar-refractivity contribution in [2.24, 2.45) is 0 Å². The van der Waals surface area contributed by atoms with E-state index < -0.39 is 5.79 Å². The minimum absolute atomic E-state index is 0.467. The third-order valence-electron chi connectivity index (χ3n) is 2.39. The first kappa shape index (κ1) is 9.90. The molecular formula is C10H12ClNO2. The molecule has 0 spiro atoms. The highest BCUT2D eigenvalue weighted by atomic mass is 35.5. The maximum absolute atomic E-state index is 5.82. The van der Waals surface area contributed by atoms with Gasteiger partial charge in [-0.2, -0.15) is 0 Å². The third-order valence-corrected chi connectivity index (χ3v) is 2.59. The average Bonchev–Trinajstić information content (AvgIpc) is 2.67. The van der Waals surface area contributed by atoms with E-state index in [1.54, 1.807) is 12.3 Å². The predicted octanol–water partition coefficient (Wildman–Crippen LogP) is 2.34. The van der Waals surface area contributed by atoms with Crippen LogP contribution < -0.4 is 0 Å². The lowest BCUT2D eigenvalue weighted by Crippen LogP contribution is -2.25. The van der Waals surface area contributed by atoms with Crippen molar-refractivity contribution in [3.05, 3.63) is 29.0 Å². The fourth-order valence-electron chi connectivity index (χ4n) is 1.67. The Morgan fingerprint density at radius 3 is 2.79 bits per heavy atom. The highest BCUT2D eigenvalue weighted by Gasteiger charge is 2.36. The van der Waals surface area contributed by atoms with Crippen LogP contribution in [0.2, 0.25) is 5.15 Å². The standard InChI is InChI=1S/C10H12ClNO2/c1-2-10(13-5-6-14-10)8-3-4-12-9(11)7-8/h3-4,7H,2,5-6H2,1H3. The van der Waals surface area contributed by atoms with Crippen molar-refractivity contribution in [3.63, 3.8) is 0 Å². The molecule has 1 aromatic rings. The van der Waals surface area contributed by atoms with Crippen LogP contribution in [0.3, 0.4) is 0 Å². The lowest BCUT2D eigenvalue weighted by Gasteiger charge is -2.26. The van der Waals surface area contributed by atoms with Crippen LogP contribution in [-0.4, -0.2) is 18.2 Å². The largest absolute Gasteiger partial charge is 0.343 e. The van der Waals surface area contributed by atoms with Crippen LogP contribution in [0.5, 0.6) is 0 Å². The summed E-state index contributed by atoms with van der Waals surface area (Å²) in [4.78, 5) is 3.93. The van der Waals surface area contributed by atoms with E-state index in [0.29, 0.717) is 18.4 Å². The summed E-state index contributed by atoms with van der Waals surface area (Å²) in [6.45, 7) is 3.29. The van der Waals surface area contributed by atoms with Crippen molar-refractivity contribution in [2.75, 3.05) is 13.2 Å². The van der Waals surface area contributed by atoms with E-state index in [0.717, 1.165) is 12.0 Å². The van der Waals surface area contributed by atoms with Gasteiger partial charge >= 0.3 is 0 Å². The zero-order valence-electron chi connectivity index (χ0n) is 8.00. The van der Waals surface area contributed by atoms with Gasteiger partial charge in [0.15, 0.2) is 5.79 Å². The molecule has 0 amide bonds. The van der Waals surface area contributed by atoms with Gasteiger partial charge in [-0.15, -0.1) is 0 Å². The molecule has 0 bridgehead atoms. The summed E-state index contributed by atoms with van der Waals surface area (Å²) in [5.74, 6) is -0.605. The Bertz CT molecular complexity index is 324. The van der Waals surface area contributed by atoms with E-state index in [9.17, 15) is 0 Å². The number of ether oxygens (including phenoxy) is 2. The first-order chi connectivity index (χ1) is 6.77. The smallest absolute Gasteiger partial charge is 0.194 e. The van der Waals surface area contributed by atoms with Gasteiger partial charge in [0, 0.05) is 18.2 Å². The normalized spacial score (nSPS) is 19.9. The maximum atomic E-state index is 5.82. The van der Waals surface area contributed by atoms with Crippen LogP contribution in [0.25, 0.3) is 0 Å². The Morgan fingerprint density at radius 1 is 1.50 bits per heavy atom. The molecule has 0 saturated carbocycles. The summed E-state index contributed by atoms with van der Waals surface area (Å²) in [7, 11) is 0. The Morgan fingerprint density at radius 2 is 2.21 bits per heavy atom. The Labute approximate surface area is 88.0 Å². The van der Waals surface area contributed by atoms with Gasteiger partial charge in [0.05, 0.1) is 13.2 Å². The second-order valence-corrected chi connectivity index (χ2v) is 3.56. The van der Waals surface area contributed by atoms with Crippen molar-refractivity contribution in [3.8, 4) is 0 Å².